The molecule has 3 aromatic rings. The third-order valence-corrected chi connectivity index (χ3v) is 3.34. The van der Waals surface area contributed by atoms with Crippen LogP contribution in [0.15, 0.2) is 54.6 Å². The van der Waals surface area contributed by atoms with Crippen molar-refractivity contribution in [2.45, 2.75) is 13.1 Å². The van der Waals surface area contributed by atoms with E-state index in [1.165, 1.54) is 6.07 Å². The number of para-hydroxylation sites is 1. The smallest absolute Gasteiger partial charge is 0.170 e. The Hall–Kier alpha value is -2.60. The van der Waals surface area contributed by atoms with Gasteiger partial charge in [-0.15, -0.1) is 5.10 Å². The van der Waals surface area contributed by atoms with E-state index >= 15 is 0 Å². The normalized spacial score (nSPS) is 11.0. The van der Waals surface area contributed by atoms with Crippen LogP contribution in [0, 0.1) is 5.82 Å². The SMILES string of the molecule is CN(Cc1ccccc1F)Cc1nnnn1-c1ccccc1. The molecule has 0 unspecified atom stereocenters. The summed E-state index contributed by atoms with van der Waals surface area (Å²) < 4.78 is 15.4. The van der Waals surface area contributed by atoms with Gasteiger partial charge in [-0.1, -0.05) is 36.4 Å². The Morgan fingerprint density at radius 2 is 1.73 bits per heavy atom. The highest BCUT2D eigenvalue weighted by Crippen LogP contribution is 2.12. The van der Waals surface area contributed by atoms with Crippen molar-refractivity contribution < 1.29 is 4.39 Å². The first kappa shape index (κ1) is 14.3. The van der Waals surface area contributed by atoms with Gasteiger partial charge in [0.25, 0.3) is 0 Å². The molecule has 1 aromatic heterocycles. The minimum absolute atomic E-state index is 0.197. The fourth-order valence-electron chi connectivity index (χ4n) is 2.29. The molecule has 0 atom stereocenters. The largest absolute Gasteiger partial charge is 0.295 e. The van der Waals surface area contributed by atoms with Crippen LogP contribution in [0.4, 0.5) is 4.39 Å². The molecule has 0 aliphatic carbocycles. The highest BCUT2D eigenvalue weighted by molar-refractivity contribution is 5.30. The predicted octanol–water partition coefficient (Wildman–Crippen LogP) is 2.43. The molecule has 0 aliphatic rings. The van der Waals surface area contributed by atoms with Crippen LogP contribution in [0.2, 0.25) is 0 Å². The lowest BCUT2D eigenvalue weighted by atomic mass is 10.2. The van der Waals surface area contributed by atoms with Gasteiger partial charge in [-0.2, -0.15) is 4.68 Å². The first-order valence-electron chi connectivity index (χ1n) is 6.98. The summed E-state index contributed by atoms with van der Waals surface area (Å²) in [6.45, 7) is 1.02. The van der Waals surface area contributed by atoms with Crippen LogP contribution < -0.4 is 0 Å². The molecule has 112 valence electrons. The van der Waals surface area contributed by atoms with E-state index in [9.17, 15) is 4.39 Å². The lowest BCUT2D eigenvalue weighted by Crippen LogP contribution is -2.20. The van der Waals surface area contributed by atoms with E-state index in [1.54, 1.807) is 16.8 Å². The van der Waals surface area contributed by atoms with E-state index in [-0.39, 0.29) is 5.82 Å². The van der Waals surface area contributed by atoms with Crippen LogP contribution in [0.5, 0.6) is 0 Å². The number of benzene rings is 2. The first-order chi connectivity index (χ1) is 10.7. The number of nitrogens with zero attached hydrogens (tertiary/aromatic N) is 5. The summed E-state index contributed by atoms with van der Waals surface area (Å²) in [4.78, 5) is 1.98. The first-order valence-corrected chi connectivity index (χ1v) is 6.98. The van der Waals surface area contributed by atoms with Crippen molar-refractivity contribution in [1.82, 2.24) is 25.1 Å². The Kier molecular flexibility index (Phi) is 4.20. The zero-order valence-corrected chi connectivity index (χ0v) is 12.2. The second-order valence-corrected chi connectivity index (χ2v) is 5.11. The molecule has 6 heteroatoms. The van der Waals surface area contributed by atoms with Crippen molar-refractivity contribution in [3.05, 3.63) is 71.8 Å². The Labute approximate surface area is 128 Å². The fraction of sp³-hybridized carbons (Fsp3) is 0.188. The fourth-order valence-corrected chi connectivity index (χ4v) is 2.29. The van der Waals surface area contributed by atoms with Crippen LogP contribution in [0.3, 0.4) is 0 Å². The van der Waals surface area contributed by atoms with Crippen molar-refractivity contribution in [2.75, 3.05) is 7.05 Å². The molecule has 0 bridgehead atoms. The maximum atomic E-state index is 13.7. The van der Waals surface area contributed by atoms with E-state index in [1.807, 2.05) is 48.3 Å². The molecule has 0 saturated heterocycles. The molecule has 3 rings (SSSR count). The zero-order valence-electron chi connectivity index (χ0n) is 12.2. The summed E-state index contributed by atoms with van der Waals surface area (Å²) in [6.07, 6.45) is 0. The number of hydrogen-bond acceptors (Lipinski definition) is 4. The molecule has 0 N–H and O–H groups in total. The van der Waals surface area contributed by atoms with Crippen molar-refractivity contribution in [2.24, 2.45) is 0 Å². The van der Waals surface area contributed by atoms with Gasteiger partial charge in [-0.05, 0) is 35.7 Å². The Morgan fingerprint density at radius 3 is 2.50 bits per heavy atom. The van der Waals surface area contributed by atoms with Gasteiger partial charge in [-0.3, -0.25) is 4.90 Å². The lowest BCUT2D eigenvalue weighted by Gasteiger charge is -2.16. The second kappa shape index (κ2) is 6.44. The molecule has 0 radical (unpaired) electrons. The zero-order chi connectivity index (χ0) is 15.4. The molecule has 0 aliphatic heterocycles. The quantitative estimate of drug-likeness (QED) is 0.725. The van der Waals surface area contributed by atoms with Crippen molar-refractivity contribution in [3.63, 3.8) is 0 Å². The van der Waals surface area contributed by atoms with Crippen LogP contribution >= 0.6 is 0 Å². The van der Waals surface area contributed by atoms with E-state index in [4.69, 9.17) is 0 Å². The Bertz CT molecular complexity index is 741. The van der Waals surface area contributed by atoms with Crippen LogP contribution in [-0.2, 0) is 13.1 Å². The van der Waals surface area contributed by atoms with Gasteiger partial charge in [0.05, 0.1) is 12.2 Å². The molecule has 0 amide bonds. The van der Waals surface area contributed by atoms with Crippen molar-refractivity contribution in [3.8, 4) is 5.69 Å². The molecule has 22 heavy (non-hydrogen) atoms. The Balaban J connectivity index is 1.74. The number of halogens is 1. The number of aromatic nitrogens is 4. The van der Waals surface area contributed by atoms with Crippen molar-refractivity contribution >= 4 is 0 Å². The average molecular weight is 297 g/mol. The average Bonchev–Trinajstić information content (AvgIpc) is 2.98. The van der Waals surface area contributed by atoms with Gasteiger partial charge in [0.2, 0.25) is 0 Å². The summed E-state index contributed by atoms with van der Waals surface area (Å²) in [5.74, 6) is 0.516. The van der Waals surface area contributed by atoms with Gasteiger partial charge in [-0.25, -0.2) is 4.39 Å². The topological polar surface area (TPSA) is 46.8 Å². The lowest BCUT2D eigenvalue weighted by molar-refractivity contribution is 0.302. The molecular formula is C16H16FN5. The minimum Gasteiger partial charge on any atom is -0.295 e. The van der Waals surface area contributed by atoms with E-state index in [0.29, 0.717) is 24.5 Å². The maximum Gasteiger partial charge on any atom is 0.170 e. The number of tetrazole rings is 1. The van der Waals surface area contributed by atoms with Crippen molar-refractivity contribution in [1.29, 1.82) is 0 Å². The van der Waals surface area contributed by atoms with Gasteiger partial charge in [0.1, 0.15) is 5.82 Å². The highest BCUT2D eigenvalue weighted by Gasteiger charge is 2.12. The van der Waals surface area contributed by atoms with Crippen LogP contribution in [-0.4, -0.2) is 32.2 Å². The Morgan fingerprint density at radius 1 is 1.00 bits per heavy atom. The summed E-state index contributed by atoms with van der Waals surface area (Å²) >= 11 is 0. The summed E-state index contributed by atoms with van der Waals surface area (Å²) in [5.41, 5.74) is 1.56. The molecule has 2 aromatic carbocycles. The molecule has 0 spiro atoms. The monoisotopic (exact) mass is 297 g/mol. The summed E-state index contributed by atoms with van der Waals surface area (Å²) in [7, 11) is 1.91. The van der Waals surface area contributed by atoms with E-state index in [0.717, 1.165) is 5.69 Å². The molecule has 0 fully saturated rings. The molecule has 5 nitrogen and oxygen atoms in total. The highest BCUT2D eigenvalue weighted by atomic mass is 19.1. The van der Waals surface area contributed by atoms with E-state index in [2.05, 4.69) is 15.5 Å². The third-order valence-electron chi connectivity index (χ3n) is 3.34. The molecule has 1 heterocycles. The second-order valence-electron chi connectivity index (χ2n) is 5.11. The van der Waals surface area contributed by atoms with Gasteiger partial charge in [0, 0.05) is 12.1 Å². The molecule has 0 saturated carbocycles. The number of hydrogen-bond donors (Lipinski definition) is 0. The maximum absolute atomic E-state index is 13.7. The van der Waals surface area contributed by atoms with Crippen LogP contribution in [0.1, 0.15) is 11.4 Å². The van der Waals surface area contributed by atoms with Gasteiger partial charge in [0.15, 0.2) is 5.82 Å². The number of rotatable bonds is 5. The van der Waals surface area contributed by atoms with E-state index < -0.39 is 0 Å². The molecular weight excluding hydrogens is 281 g/mol. The van der Waals surface area contributed by atoms with Gasteiger partial charge >= 0.3 is 0 Å². The predicted molar refractivity (Wildman–Crippen MR) is 80.7 cm³/mol. The third kappa shape index (κ3) is 3.17. The summed E-state index contributed by atoms with van der Waals surface area (Å²) in [5, 5.41) is 11.8. The minimum atomic E-state index is -0.197. The van der Waals surface area contributed by atoms with Crippen LogP contribution in [0.25, 0.3) is 5.69 Å². The van der Waals surface area contributed by atoms with Gasteiger partial charge < -0.3 is 0 Å². The summed E-state index contributed by atoms with van der Waals surface area (Å²) in [6, 6.07) is 16.5. The standard InChI is InChI=1S/C16H16FN5/c1-21(11-13-7-5-6-10-15(13)17)12-16-18-19-20-22(16)14-8-3-2-4-9-14/h2-10H,11-12H2,1H3.